The Kier molecular flexibility index (Phi) is 10.5. The van der Waals surface area contributed by atoms with E-state index in [1.807, 2.05) is 24.3 Å². The predicted octanol–water partition coefficient (Wildman–Crippen LogP) is 7.02. The topological polar surface area (TPSA) is 168 Å². The van der Waals surface area contributed by atoms with Crippen molar-refractivity contribution in [3.05, 3.63) is 64.4 Å². The largest absolute Gasteiger partial charge is 0.497 e. The number of nitriles is 2. The van der Waals surface area contributed by atoms with Gasteiger partial charge in [-0.3, -0.25) is 0 Å². The number of carboxylic acid groups (broad SMARTS) is 1. The molecule has 4 aromatic rings. The Morgan fingerprint density at radius 2 is 1.87 bits per heavy atom. The first-order chi connectivity index (χ1) is 25.1. The number of nitrogens with zero attached hydrogens (tertiary/aromatic N) is 9. The molecule has 1 aliphatic carbocycles. The van der Waals surface area contributed by atoms with Gasteiger partial charge in [0, 0.05) is 32.7 Å². The molecule has 0 bridgehead atoms. The van der Waals surface area contributed by atoms with Gasteiger partial charge in [0.2, 0.25) is 5.95 Å². The second kappa shape index (κ2) is 14.7. The molecule has 1 amide bonds. The highest BCUT2D eigenvalue weighted by atomic mass is 35.5. The summed E-state index contributed by atoms with van der Waals surface area (Å²) in [6, 6.07) is 15.5. The first-order valence-corrected chi connectivity index (χ1v) is 20.9. The number of halogens is 1. The molecule has 6 rings (SSSR count). The van der Waals surface area contributed by atoms with E-state index in [1.165, 1.54) is 15.6 Å². The second-order valence-corrected chi connectivity index (χ2v) is 20.3. The first-order valence-electron chi connectivity index (χ1n) is 17.6. The van der Waals surface area contributed by atoms with Crippen LogP contribution in [0.2, 0.25) is 23.2 Å². The van der Waals surface area contributed by atoms with Gasteiger partial charge >= 0.3 is 6.09 Å². The molecule has 1 saturated heterocycles. The summed E-state index contributed by atoms with van der Waals surface area (Å²) in [4.78, 5) is 27.2. The van der Waals surface area contributed by atoms with Crippen molar-refractivity contribution in [1.82, 2.24) is 24.5 Å². The fourth-order valence-electron chi connectivity index (χ4n) is 6.37. The molecule has 0 radical (unpaired) electrons. The number of amides is 1. The number of methoxy groups -OCH3 is 1. The number of carbonyl (C=O) groups is 1. The third-order valence-electron chi connectivity index (χ3n) is 10.6. The molecule has 2 atom stereocenters. The van der Waals surface area contributed by atoms with Crippen molar-refractivity contribution in [1.29, 1.82) is 10.5 Å². The Balaban J connectivity index is 1.36. The van der Waals surface area contributed by atoms with Crippen molar-refractivity contribution >= 4 is 54.8 Å². The minimum absolute atomic E-state index is 0.0958. The number of aromatic nitrogens is 4. The number of rotatable bonds is 11. The molecule has 16 heteroatoms. The van der Waals surface area contributed by atoms with Crippen molar-refractivity contribution in [3.63, 3.8) is 0 Å². The fourth-order valence-corrected chi connectivity index (χ4v) is 7.99. The molecule has 0 unspecified atom stereocenters. The molecule has 1 aliphatic heterocycles. The van der Waals surface area contributed by atoms with Crippen LogP contribution in [0.4, 0.5) is 27.9 Å². The molecular formula is C37H45ClN10O4Si. The standard InChI is InChI=1S/C37H45ClN10O4Si/c1-37(2,3)53(6,7)52-31-22-46(15-14-29(31)45(4)36(49)50)30-17-24(18-39)16-28(32(30)38)42-35-43-34(33-41-20-26(19-40)48(33)44-35)47(25-10-11-25)21-23-8-12-27(51-5)13-9-23/h8-9,12-13,16-17,20,25,29,31H,10-11,14-15,21-22H2,1-7H3,(H,42,44)(H,49,50)/t29-,31-/m0/s1. The van der Waals surface area contributed by atoms with E-state index < -0.39 is 20.5 Å². The number of ether oxygens (including phenoxy) is 1. The van der Waals surface area contributed by atoms with Gasteiger partial charge in [-0.15, -0.1) is 5.10 Å². The van der Waals surface area contributed by atoms with E-state index in [0.29, 0.717) is 59.5 Å². The third-order valence-corrected chi connectivity index (χ3v) is 15.5. The van der Waals surface area contributed by atoms with E-state index in [9.17, 15) is 20.4 Å². The van der Waals surface area contributed by atoms with E-state index in [2.05, 4.69) is 71.2 Å². The van der Waals surface area contributed by atoms with E-state index in [1.54, 1.807) is 26.3 Å². The van der Waals surface area contributed by atoms with Gasteiger partial charge in [0.15, 0.2) is 25.5 Å². The van der Waals surface area contributed by atoms with E-state index in [4.69, 9.17) is 25.7 Å². The number of imidazole rings is 1. The molecule has 2 fully saturated rings. The minimum Gasteiger partial charge on any atom is -0.497 e. The van der Waals surface area contributed by atoms with E-state index in [0.717, 1.165) is 24.2 Å². The highest BCUT2D eigenvalue weighted by Gasteiger charge is 2.44. The summed E-state index contributed by atoms with van der Waals surface area (Å²) >= 11 is 7.18. The predicted molar refractivity (Wildman–Crippen MR) is 206 cm³/mol. The average molecular weight is 757 g/mol. The summed E-state index contributed by atoms with van der Waals surface area (Å²) in [5.41, 5.74) is 3.12. The smallest absolute Gasteiger partial charge is 0.407 e. The molecule has 2 N–H and O–H groups in total. The number of hydrogen-bond acceptors (Lipinski definition) is 11. The van der Waals surface area contributed by atoms with Crippen molar-refractivity contribution in [3.8, 4) is 17.9 Å². The van der Waals surface area contributed by atoms with Gasteiger partial charge in [-0.1, -0.05) is 44.5 Å². The normalized spacial score (nSPS) is 17.6. The number of anilines is 4. The minimum atomic E-state index is -2.31. The number of fused-ring (bicyclic) bond motifs is 1. The van der Waals surface area contributed by atoms with Gasteiger partial charge in [0.25, 0.3) is 0 Å². The lowest BCUT2D eigenvalue weighted by Gasteiger charge is -2.47. The van der Waals surface area contributed by atoms with Crippen LogP contribution >= 0.6 is 11.6 Å². The van der Waals surface area contributed by atoms with Crippen LogP contribution in [0.3, 0.4) is 0 Å². The van der Waals surface area contributed by atoms with Gasteiger partial charge in [0.1, 0.15) is 11.8 Å². The van der Waals surface area contributed by atoms with E-state index in [-0.39, 0.29) is 28.8 Å². The van der Waals surface area contributed by atoms with Crippen LogP contribution in [0.15, 0.2) is 42.6 Å². The van der Waals surface area contributed by atoms with Crippen molar-refractivity contribution in [2.45, 2.75) is 82.9 Å². The number of piperidine rings is 1. The summed E-state index contributed by atoms with van der Waals surface area (Å²) < 4.78 is 13.7. The maximum atomic E-state index is 12.1. The lowest BCUT2D eigenvalue weighted by molar-refractivity contribution is 0.0561. The van der Waals surface area contributed by atoms with Gasteiger partial charge in [0.05, 0.1) is 53.5 Å². The molecule has 2 aromatic carbocycles. The summed E-state index contributed by atoms with van der Waals surface area (Å²) in [6.07, 6.45) is 2.51. The molecule has 1 saturated carbocycles. The van der Waals surface area contributed by atoms with Crippen LogP contribution in [-0.4, -0.2) is 89.4 Å². The molecule has 53 heavy (non-hydrogen) atoms. The molecule has 14 nitrogen and oxygen atoms in total. The Morgan fingerprint density at radius 3 is 2.47 bits per heavy atom. The highest BCUT2D eigenvalue weighted by Crippen LogP contribution is 2.42. The third kappa shape index (κ3) is 7.83. The van der Waals surface area contributed by atoms with Gasteiger partial charge < -0.3 is 34.3 Å². The number of hydrogen-bond donors (Lipinski definition) is 2. The first kappa shape index (κ1) is 37.7. The summed E-state index contributed by atoms with van der Waals surface area (Å²) in [5.74, 6) is 1.50. The van der Waals surface area contributed by atoms with Crippen molar-refractivity contribution in [2.24, 2.45) is 0 Å². The molecule has 2 aliphatic rings. The molecular weight excluding hydrogens is 712 g/mol. The number of likely N-dealkylation sites (N-methyl/N-ethyl adjacent to an activating group) is 1. The summed E-state index contributed by atoms with van der Waals surface area (Å²) in [5, 5.41) is 38.1. The van der Waals surface area contributed by atoms with Crippen molar-refractivity contribution in [2.75, 3.05) is 42.4 Å². The van der Waals surface area contributed by atoms with Gasteiger partial charge in [-0.2, -0.15) is 20.0 Å². The number of benzene rings is 2. The molecule has 278 valence electrons. The summed E-state index contributed by atoms with van der Waals surface area (Å²) in [7, 11) is 0.906. The lowest BCUT2D eigenvalue weighted by Crippen LogP contribution is -2.59. The Morgan fingerprint density at radius 1 is 1.15 bits per heavy atom. The maximum Gasteiger partial charge on any atom is 0.407 e. The SMILES string of the molecule is COc1ccc(CN(c2nc(Nc3cc(C#N)cc(N4CC[C@H](N(C)C(=O)O)[C@@H](O[Si](C)(C)C(C)(C)C)C4)c3Cl)nn3c(C#N)cnc23)C2CC2)cc1. The van der Waals surface area contributed by atoms with Crippen LogP contribution < -0.4 is 19.9 Å². The lowest BCUT2D eigenvalue weighted by atomic mass is 9.99. The van der Waals surface area contributed by atoms with Crippen LogP contribution in [0, 0.1) is 22.7 Å². The van der Waals surface area contributed by atoms with E-state index >= 15 is 0 Å². The zero-order valence-electron chi connectivity index (χ0n) is 31.1. The van der Waals surface area contributed by atoms with Crippen LogP contribution in [0.25, 0.3) is 5.65 Å². The Hall–Kier alpha value is -5.09. The van der Waals surface area contributed by atoms with Gasteiger partial charge in [-0.25, -0.2) is 9.78 Å². The fraction of sp³-hybridized carbons (Fsp3) is 0.459. The molecule has 2 aromatic heterocycles. The van der Waals surface area contributed by atoms with Crippen LogP contribution in [0.5, 0.6) is 5.75 Å². The highest BCUT2D eigenvalue weighted by molar-refractivity contribution is 6.74. The maximum absolute atomic E-state index is 12.1. The average Bonchev–Trinajstić information content (AvgIpc) is 3.89. The van der Waals surface area contributed by atoms with Crippen LogP contribution in [-0.2, 0) is 11.0 Å². The zero-order valence-corrected chi connectivity index (χ0v) is 32.8. The van der Waals surface area contributed by atoms with Gasteiger partial charge in [-0.05, 0) is 67.2 Å². The summed E-state index contributed by atoms with van der Waals surface area (Å²) in [6.45, 7) is 12.2. The second-order valence-electron chi connectivity index (χ2n) is 15.2. The Labute approximate surface area is 315 Å². The quantitative estimate of drug-likeness (QED) is 0.150. The van der Waals surface area contributed by atoms with Crippen LogP contribution in [0.1, 0.15) is 56.9 Å². The molecule has 3 heterocycles. The monoisotopic (exact) mass is 756 g/mol. The Bertz CT molecular complexity index is 2080. The number of nitrogens with one attached hydrogen (secondary N) is 1. The molecule has 0 spiro atoms. The zero-order chi connectivity index (χ0) is 38.2. The van der Waals surface area contributed by atoms with Crippen molar-refractivity contribution < 1.29 is 19.1 Å².